The third kappa shape index (κ3) is 7.80. The SMILES string of the molecule is NCCCC[N+]([O-])(O)O. The first kappa shape index (κ1) is 8.80. The molecule has 0 amide bonds. The molecule has 0 aromatic carbocycles. The van der Waals surface area contributed by atoms with Gasteiger partial charge in [0.2, 0.25) is 0 Å². The van der Waals surface area contributed by atoms with Crippen LogP contribution in [0.2, 0.25) is 0 Å². The Morgan fingerprint density at radius 3 is 2.22 bits per heavy atom. The molecule has 0 atom stereocenters. The van der Waals surface area contributed by atoms with Crippen molar-refractivity contribution < 1.29 is 15.4 Å². The summed E-state index contributed by atoms with van der Waals surface area (Å²) in [6.45, 7) is 0.261. The average Bonchev–Trinajstić information content (AvgIpc) is 1.63. The molecule has 0 unspecified atom stereocenters. The fraction of sp³-hybridized carbons (Fsp3) is 1.00. The maximum atomic E-state index is 9.99. The molecule has 0 saturated carbocycles. The van der Waals surface area contributed by atoms with Gasteiger partial charge in [0.15, 0.2) is 0 Å². The van der Waals surface area contributed by atoms with Crippen molar-refractivity contribution in [2.45, 2.75) is 12.8 Å². The van der Waals surface area contributed by atoms with Crippen LogP contribution >= 0.6 is 0 Å². The second kappa shape index (κ2) is 3.76. The van der Waals surface area contributed by atoms with Gasteiger partial charge < -0.3 is 10.9 Å². The summed E-state index contributed by atoms with van der Waals surface area (Å²) < 4.78 is 0. The predicted octanol–water partition coefficient (Wildman–Crippen LogP) is -0.182. The van der Waals surface area contributed by atoms with Gasteiger partial charge in [-0.2, -0.15) is 10.4 Å². The van der Waals surface area contributed by atoms with Gasteiger partial charge in [0, 0.05) is 6.42 Å². The second-order valence-corrected chi connectivity index (χ2v) is 1.88. The molecule has 5 heteroatoms. The average molecular weight is 136 g/mol. The van der Waals surface area contributed by atoms with E-state index in [1.807, 2.05) is 0 Å². The van der Waals surface area contributed by atoms with Gasteiger partial charge in [-0.1, -0.05) is 4.97 Å². The summed E-state index contributed by atoms with van der Waals surface area (Å²) in [5, 5.41) is 26.3. The zero-order valence-electron chi connectivity index (χ0n) is 5.16. The summed E-state index contributed by atoms with van der Waals surface area (Å²) in [4.78, 5) is -2.19. The molecule has 9 heavy (non-hydrogen) atoms. The van der Waals surface area contributed by atoms with Crippen molar-refractivity contribution in [3.63, 3.8) is 0 Å². The number of hydrogen-bond donors (Lipinski definition) is 3. The molecule has 0 aliphatic rings. The molecular weight excluding hydrogens is 124 g/mol. The van der Waals surface area contributed by atoms with Crippen molar-refractivity contribution in [2.75, 3.05) is 13.1 Å². The van der Waals surface area contributed by atoms with Gasteiger partial charge in [-0.05, 0) is 13.0 Å². The van der Waals surface area contributed by atoms with E-state index in [0.717, 1.165) is 0 Å². The molecule has 0 fully saturated rings. The van der Waals surface area contributed by atoms with E-state index in [2.05, 4.69) is 0 Å². The lowest BCUT2D eigenvalue weighted by Gasteiger charge is -2.22. The van der Waals surface area contributed by atoms with Crippen LogP contribution in [0.25, 0.3) is 0 Å². The molecule has 0 aliphatic heterocycles. The fourth-order valence-electron chi connectivity index (χ4n) is 0.462. The Morgan fingerprint density at radius 1 is 1.33 bits per heavy atom. The highest BCUT2D eigenvalue weighted by atomic mass is 17.1. The first-order chi connectivity index (χ1) is 4.06. The van der Waals surface area contributed by atoms with Crippen molar-refractivity contribution in [1.29, 1.82) is 0 Å². The minimum atomic E-state index is -2.19. The van der Waals surface area contributed by atoms with Crippen LogP contribution in [-0.4, -0.2) is 28.5 Å². The molecular formula is C4H12N2O3. The van der Waals surface area contributed by atoms with E-state index in [0.29, 0.717) is 19.4 Å². The third-order valence-electron chi connectivity index (χ3n) is 0.904. The number of hydrogen-bond acceptors (Lipinski definition) is 4. The molecule has 4 N–H and O–H groups in total. The third-order valence-corrected chi connectivity index (χ3v) is 0.904. The number of hydroxylamine groups is 3. The van der Waals surface area contributed by atoms with Crippen LogP contribution < -0.4 is 5.73 Å². The summed E-state index contributed by atoms with van der Waals surface area (Å²) in [5.74, 6) is 0. The van der Waals surface area contributed by atoms with Crippen LogP contribution in [0.4, 0.5) is 0 Å². The topological polar surface area (TPSA) is 89.5 Å². The van der Waals surface area contributed by atoms with Crippen LogP contribution in [0.3, 0.4) is 0 Å². The lowest BCUT2D eigenvalue weighted by molar-refractivity contribution is -1.21. The molecule has 0 aromatic rings. The van der Waals surface area contributed by atoms with E-state index in [1.54, 1.807) is 0 Å². The number of quaternary nitrogens is 1. The van der Waals surface area contributed by atoms with Crippen LogP contribution in [0.15, 0.2) is 0 Å². The van der Waals surface area contributed by atoms with Crippen molar-refractivity contribution in [2.24, 2.45) is 5.73 Å². The predicted molar refractivity (Wildman–Crippen MR) is 30.4 cm³/mol. The minimum absolute atomic E-state index is 0.211. The quantitative estimate of drug-likeness (QED) is 0.284. The monoisotopic (exact) mass is 136 g/mol. The van der Waals surface area contributed by atoms with Gasteiger partial charge in [0.25, 0.3) is 0 Å². The number of nitrogens with two attached hydrogens (primary N) is 1. The van der Waals surface area contributed by atoms with E-state index in [9.17, 15) is 5.21 Å². The smallest absolute Gasteiger partial charge is 0.142 e. The molecule has 56 valence electrons. The molecule has 0 heterocycles. The van der Waals surface area contributed by atoms with Gasteiger partial charge in [-0.25, -0.2) is 0 Å². The van der Waals surface area contributed by atoms with Crippen LogP contribution in [0.5, 0.6) is 0 Å². The Kier molecular flexibility index (Phi) is 3.67. The van der Waals surface area contributed by atoms with Gasteiger partial charge in [0.1, 0.15) is 6.54 Å². The highest BCUT2D eigenvalue weighted by Gasteiger charge is 2.06. The van der Waals surface area contributed by atoms with Crippen LogP contribution in [0.1, 0.15) is 12.8 Å². The molecule has 0 rings (SSSR count). The molecule has 0 bridgehead atoms. The summed E-state index contributed by atoms with van der Waals surface area (Å²) in [5.41, 5.74) is 5.09. The van der Waals surface area contributed by atoms with Crippen molar-refractivity contribution in [1.82, 2.24) is 0 Å². The first-order valence-corrected chi connectivity index (χ1v) is 2.81. The Bertz CT molecular complexity index is 70.7. The zero-order chi connectivity index (χ0) is 7.33. The van der Waals surface area contributed by atoms with E-state index >= 15 is 0 Å². The summed E-state index contributed by atoms with van der Waals surface area (Å²) in [7, 11) is 0. The molecule has 0 radical (unpaired) electrons. The Hall–Kier alpha value is -0.200. The second-order valence-electron chi connectivity index (χ2n) is 1.88. The maximum Gasteiger partial charge on any atom is 0.142 e. The molecule has 0 aliphatic carbocycles. The lowest BCUT2D eigenvalue weighted by Crippen LogP contribution is -2.35. The highest BCUT2D eigenvalue weighted by Crippen LogP contribution is 1.95. The van der Waals surface area contributed by atoms with Crippen molar-refractivity contribution in [3.05, 3.63) is 5.21 Å². The molecule has 0 aromatic heterocycles. The van der Waals surface area contributed by atoms with Crippen LogP contribution in [-0.2, 0) is 0 Å². The normalized spacial score (nSPS) is 12.0. The number of unbranched alkanes of at least 4 members (excludes halogenated alkanes) is 1. The molecule has 0 saturated heterocycles. The lowest BCUT2D eigenvalue weighted by atomic mass is 10.3. The zero-order valence-corrected chi connectivity index (χ0v) is 5.16. The fourth-order valence-corrected chi connectivity index (χ4v) is 0.462. The van der Waals surface area contributed by atoms with Gasteiger partial charge in [-0.3, -0.25) is 0 Å². The standard InChI is InChI=1S/C4H12N2O3/c5-3-1-2-4-6(7,8)9/h7-8H,1-5H2. The Balaban J connectivity index is 3.07. The van der Waals surface area contributed by atoms with Crippen molar-refractivity contribution >= 4 is 0 Å². The molecule has 0 spiro atoms. The van der Waals surface area contributed by atoms with Gasteiger partial charge >= 0.3 is 0 Å². The highest BCUT2D eigenvalue weighted by molar-refractivity contribution is 4.36. The minimum Gasteiger partial charge on any atom is -0.564 e. The van der Waals surface area contributed by atoms with E-state index in [4.69, 9.17) is 16.1 Å². The summed E-state index contributed by atoms with van der Waals surface area (Å²) in [6, 6.07) is 0. The van der Waals surface area contributed by atoms with E-state index in [-0.39, 0.29) is 6.54 Å². The van der Waals surface area contributed by atoms with Crippen LogP contribution in [0, 0.1) is 5.21 Å². The number of nitrogens with zero attached hydrogens (tertiary/aromatic N) is 1. The first-order valence-electron chi connectivity index (χ1n) is 2.81. The Morgan fingerprint density at radius 2 is 1.89 bits per heavy atom. The maximum absolute atomic E-state index is 9.99. The van der Waals surface area contributed by atoms with Crippen molar-refractivity contribution in [3.8, 4) is 0 Å². The van der Waals surface area contributed by atoms with Gasteiger partial charge in [0.05, 0.1) is 0 Å². The van der Waals surface area contributed by atoms with E-state index in [1.165, 1.54) is 0 Å². The molecule has 5 nitrogen and oxygen atoms in total. The summed E-state index contributed by atoms with van der Waals surface area (Å²) >= 11 is 0. The Labute approximate surface area is 53.4 Å². The van der Waals surface area contributed by atoms with E-state index < -0.39 is 4.97 Å². The van der Waals surface area contributed by atoms with Gasteiger partial charge in [-0.15, -0.1) is 0 Å². The number of rotatable bonds is 4. The summed E-state index contributed by atoms with van der Waals surface area (Å²) in [6.07, 6.45) is 1.08. The largest absolute Gasteiger partial charge is 0.564 e.